The van der Waals surface area contributed by atoms with Crippen LogP contribution in [0.1, 0.15) is 16.1 Å². The number of hydrogen-bond donors (Lipinski definition) is 2. The van der Waals surface area contributed by atoms with Crippen LogP contribution in [0.15, 0.2) is 57.8 Å². The summed E-state index contributed by atoms with van der Waals surface area (Å²) in [7, 11) is 0. The minimum absolute atomic E-state index is 0.196. The fourth-order valence-corrected chi connectivity index (χ4v) is 2.60. The lowest BCUT2D eigenvalue weighted by Gasteiger charge is -2.07. The number of benzene rings is 2. The number of aromatic amines is 1. The third-order valence-corrected chi connectivity index (χ3v) is 3.77. The molecule has 3 aromatic rings. The summed E-state index contributed by atoms with van der Waals surface area (Å²) in [6.45, 7) is 0.239. The molecule has 5 nitrogen and oxygen atoms in total. The molecular weight excluding hydrogens is 346 g/mol. The van der Waals surface area contributed by atoms with E-state index in [2.05, 4.69) is 31.4 Å². The Morgan fingerprint density at radius 2 is 1.91 bits per heavy atom. The van der Waals surface area contributed by atoms with E-state index < -0.39 is 0 Å². The highest BCUT2D eigenvalue weighted by Crippen LogP contribution is 2.13. The summed E-state index contributed by atoms with van der Waals surface area (Å²) in [6.07, 6.45) is 0. The van der Waals surface area contributed by atoms with Crippen LogP contribution in [0.5, 0.6) is 0 Å². The molecule has 0 aliphatic rings. The largest absolute Gasteiger partial charge is 0.346 e. The van der Waals surface area contributed by atoms with E-state index in [0.29, 0.717) is 16.6 Å². The fraction of sp³-hybridized carbons (Fsp3) is 0.0625. The predicted octanol–water partition coefficient (Wildman–Crippen LogP) is 2.62. The highest BCUT2D eigenvalue weighted by Gasteiger charge is 2.09. The predicted molar refractivity (Wildman–Crippen MR) is 87.7 cm³/mol. The van der Waals surface area contributed by atoms with Gasteiger partial charge in [0.2, 0.25) is 0 Å². The van der Waals surface area contributed by atoms with E-state index in [9.17, 15) is 9.59 Å². The molecule has 0 spiro atoms. The number of aromatic nitrogens is 2. The van der Waals surface area contributed by atoms with Gasteiger partial charge in [-0.1, -0.05) is 40.2 Å². The standard InChI is InChI=1S/C16H12BrN3O2/c17-11-5-3-4-10(8-11)15(21)18-9-14-12-6-1-2-7-13(12)16(22)20-19-14/h1-8H,9H2,(H,18,21)(H,20,22). The molecule has 0 unspecified atom stereocenters. The Bertz CT molecular complexity index is 905. The monoisotopic (exact) mass is 357 g/mol. The van der Waals surface area contributed by atoms with E-state index >= 15 is 0 Å². The van der Waals surface area contributed by atoms with Crippen LogP contribution in [-0.2, 0) is 6.54 Å². The summed E-state index contributed by atoms with van der Waals surface area (Å²) in [5, 5.41) is 10.6. The zero-order valence-corrected chi connectivity index (χ0v) is 13.1. The zero-order chi connectivity index (χ0) is 15.5. The molecule has 1 heterocycles. The van der Waals surface area contributed by atoms with Gasteiger partial charge in [-0.05, 0) is 24.3 Å². The maximum absolute atomic E-state index is 12.1. The van der Waals surface area contributed by atoms with E-state index in [1.807, 2.05) is 18.2 Å². The lowest BCUT2D eigenvalue weighted by Crippen LogP contribution is -2.24. The van der Waals surface area contributed by atoms with Gasteiger partial charge in [0.25, 0.3) is 11.5 Å². The van der Waals surface area contributed by atoms with Crippen LogP contribution >= 0.6 is 15.9 Å². The summed E-state index contributed by atoms with van der Waals surface area (Å²) in [4.78, 5) is 23.9. The molecule has 0 fully saturated rings. The SMILES string of the molecule is O=C(NCc1n[nH]c(=O)c2ccccc12)c1cccc(Br)c1. The van der Waals surface area contributed by atoms with Gasteiger partial charge < -0.3 is 5.32 Å². The van der Waals surface area contributed by atoms with Crippen molar-refractivity contribution in [2.45, 2.75) is 6.54 Å². The lowest BCUT2D eigenvalue weighted by atomic mass is 10.1. The van der Waals surface area contributed by atoms with E-state index in [4.69, 9.17) is 0 Å². The van der Waals surface area contributed by atoms with Gasteiger partial charge in [-0.3, -0.25) is 9.59 Å². The van der Waals surface area contributed by atoms with Gasteiger partial charge in [0.1, 0.15) is 0 Å². The van der Waals surface area contributed by atoms with Crippen LogP contribution in [0, 0.1) is 0 Å². The summed E-state index contributed by atoms with van der Waals surface area (Å²) >= 11 is 3.33. The van der Waals surface area contributed by atoms with Gasteiger partial charge in [0, 0.05) is 15.4 Å². The van der Waals surface area contributed by atoms with Crippen molar-refractivity contribution in [1.82, 2.24) is 15.5 Å². The van der Waals surface area contributed by atoms with Crippen molar-refractivity contribution in [2.24, 2.45) is 0 Å². The minimum atomic E-state index is -0.238. The Morgan fingerprint density at radius 3 is 2.68 bits per heavy atom. The Morgan fingerprint density at radius 1 is 1.14 bits per heavy atom. The Kier molecular flexibility index (Phi) is 4.02. The van der Waals surface area contributed by atoms with Crippen LogP contribution < -0.4 is 10.9 Å². The molecule has 0 atom stereocenters. The third kappa shape index (κ3) is 2.92. The molecular formula is C16H12BrN3O2. The van der Waals surface area contributed by atoms with E-state index in [0.717, 1.165) is 9.86 Å². The number of halogens is 1. The molecule has 0 aliphatic heterocycles. The second-order valence-electron chi connectivity index (χ2n) is 4.74. The quantitative estimate of drug-likeness (QED) is 0.756. The Hall–Kier alpha value is -2.47. The molecule has 0 bridgehead atoms. The van der Waals surface area contributed by atoms with Gasteiger partial charge in [-0.15, -0.1) is 0 Å². The highest BCUT2D eigenvalue weighted by atomic mass is 79.9. The van der Waals surface area contributed by atoms with E-state index in [-0.39, 0.29) is 18.0 Å². The van der Waals surface area contributed by atoms with Crippen molar-refractivity contribution in [2.75, 3.05) is 0 Å². The molecule has 2 N–H and O–H groups in total. The van der Waals surface area contributed by atoms with Crippen molar-refractivity contribution in [3.05, 3.63) is 74.6 Å². The molecule has 0 saturated carbocycles. The third-order valence-electron chi connectivity index (χ3n) is 3.28. The van der Waals surface area contributed by atoms with Gasteiger partial charge >= 0.3 is 0 Å². The Balaban J connectivity index is 1.84. The lowest BCUT2D eigenvalue weighted by molar-refractivity contribution is 0.0950. The van der Waals surface area contributed by atoms with Gasteiger partial charge in [-0.25, -0.2) is 5.10 Å². The average molecular weight is 358 g/mol. The second kappa shape index (κ2) is 6.11. The maximum Gasteiger partial charge on any atom is 0.272 e. The minimum Gasteiger partial charge on any atom is -0.346 e. The number of rotatable bonds is 3. The van der Waals surface area contributed by atoms with Crippen LogP contribution in [0.2, 0.25) is 0 Å². The smallest absolute Gasteiger partial charge is 0.272 e. The van der Waals surface area contributed by atoms with Crippen molar-refractivity contribution in [3.63, 3.8) is 0 Å². The van der Waals surface area contributed by atoms with Crippen molar-refractivity contribution < 1.29 is 4.79 Å². The molecule has 6 heteroatoms. The molecule has 22 heavy (non-hydrogen) atoms. The van der Waals surface area contributed by atoms with Crippen molar-refractivity contribution in [3.8, 4) is 0 Å². The molecule has 0 saturated heterocycles. The first-order valence-electron chi connectivity index (χ1n) is 6.65. The van der Waals surface area contributed by atoms with Gasteiger partial charge in [0.05, 0.1) is 17.6 Å². The normalized spacial score (nSPS) is 10.6. The first kappa shape index (κ1) is 14.5. The Labute approximate surface area is 134 Å². The first-order chi connectivity index (χ1) is 10.6. The summed E-state index contributed by atoms with van der Waals surface area (Å²) in [5.74, 6) is -0.196. The topological polar surface area (TPSA) is 74.8 Å². The van der Waals surface area contributed by atoms with E-state index in [1.54, 1.807) is 30.3 Å². The molecule has 1 aromatic heterocycles. The fourth-order valence-electron chi connectivity index (χ4n) is 2.20. The number of hydrogen-bond acceptors (Lipinski definition) is 3. The summed E-state index contributed by atoms with van der Waals surface area (Å²) in [6, 6.07) is 14.3. The number of fused-ring (bicyclic) bond motifs is 1. The van der Waals surface area contributed by atoms with Gasteiger partial charge in [0.15, 0.2) is 0 Å². The molecule has 2 aromatic carbocycles. The number of nitrogens with zero attached hydrogens (tertiary/aromatic N) is 1. The van der Waals surface area contributed by atoms with Crippen molar-refractivity contribution >= 4 is 32.6 Å². The second-order valence-corrected chi connectivity index (χ2v) is 5.65. The summed E-state index contributed by atoms with van der Waals surface area (Å²) in [5.41, 5.74) is 0.944. The number of H-pyrrole nitrogens is 1. The van der Waals surface area contributed by atoms with Crippen LogP contribution in [0.3, 0.4) is 0 Å². The maximum atomic E-state index is 12.1. The van der Waals surface area contributed by atoms with E-state index in [1.165, 1.54) is 0 Å². The first-order valence-corrected chi connectivity index (χ1v) is 7.44. The number of carbonyl (C=O) groups is 1. The highest BCUT2D eigenvalue weighted by molar-refractivity contribution is 9.10. The van der Waals surface area contributed by atoms with Crippen molar-refractivity contribution in [1.29, 1.82) is 0 Å². The summed E-state index contributed by atoms with van der Waals surface area (Å²) < 4.78 is 0.841. The van der Waals surface area contributed by atoms with Crippen LogP contribution in [0.4, 0.5) is 0 Å². The van der Waals surface area contributed by atoms with Gasteiger partial charge in [-0.2, -0.15) is 5.10 Å². The average Bonchev–Trinajstić information content (AvgIpc) is 2.54. The van der Waals surface area contributed by atoms with Crippen LogP contribution in [-0.4, -0.2) is 16.1 Å². The molecule has 3 rings (SSSR count). The molecule has 1 amide bonds. The molecule has 110 valence electrons. The zero-order valence-electron chi connectivity index (χ0n) is 11.5. The number of amides is 1. The molecule has 0 radical (unpaired) electrons. The number of carbonyl (C=O) groups excluding carboxylic acids is 1. The van der Waals surface area contributed by atoms with Crippen LogP contribution in [0.25, 0.3) is 10.8 Å². The molecule has 0 aliphatic carbocycles. The number of nitrogens with one attached hydrogen (secondary N) is 2.